The zero-order valence-electron chi connectivity index (χ0n) is 14.0. The molecule has 0 unspecified atom stereocenters. The maximum atomic E-state index is 12.5. The van der Waals surface area contributed by atoms with Gasteiger partial charge in [0.2, 0.25) is 0 Å². The third-order valence-corrected chi connectivity index (χ3v) is 6.38. The number of piperidine rings is 1. The summed E-state index contributed by atoms with van der Waals surface area (Å²) in [6, 6.07) is -0.109. The Balaban J connectivity index is 1.58. The summed E-state index contributed by atoms with van der Waals surface area (Å²) in [5.41, 5.74) is 0.400. The molecule has 0 bridgehead atoms. The second kappa shape index (κ2) is 6.77. The normalized spacial score (nSPS) is 29.0. The third-order valence-electron chi connectivity index (χ3n) is 5.37. The van der Waals surface area contributed by atoms with E-state index in [2.05, 4.69) is 17.2 Å². The Kier molecular flexibility index (Phi) is 4.92. The standard InChI is InChI=1S/C17H27N3O2S/c1-3-15-19-14(11-23-15)12(2)18-16(21)20-9-8-17(22)7-5-4-6-13(17)10-20/h11-13,22H,3-10H2,1-2H3,(H,18,21)/t12-,13+,17-/m0/s1. The summed E-state index contributed by atoms with van der Waals surface area (Å²) in [6.07, 6.45) is 5.83. The molecule has 2 heterocycles. The van der Waals surface area contributed by atoms with E-state index in [9.17, 15) is 9.90 Å². The van der Waals surface area contributed by atoms with Crippen molar-refractivity contribution >= 4 is 17.4 Å². The van der Waals surface area contributed by atoms with Crippen molar-refractivity contribution in [3.63, 3.8) is 0 Å². The van der Waals surface area contributed by atoms with Gasteiger partial charge in [0, 0.05) is 24.4 Å². The Morgan fingerprint density at radius 3 is 3.13 bits per heavy atom. The van der Waals surface area contributed by atoms with Crippen molar-refractivity contribution < 1.29 is 9.90 Å². The van der Waals surface area contributed by atoms with Crippen molar-refractivity contribution in [3.05, 3.63) is 16.1 Å². The van der Waals surface area contributed by atoms with E-state index < -0.39 is 5.60 Å². The average molecular weight is 337 g/mol. The number of carbonyl (C=O) groups is 1. The first kappa shape index (κ1) is 16.7. The number of fused-ring (bicyclic) bond motifs is 1. The Labute approximate surface area is 142 Å². The molecule has 1 aliphatic carbocycles. The van der Waals surface area contributed by atoms with E-state index in [-0.39, 0.29) is 18.0 Å². The lowest BCUT2D eigenvalue weighted by Crippen LogP contribution is -2.56. The third kappa shape index (κ3) is 3.53. The summed E-state index contributed by atoms with van der Waals surface area (Å²) in [6.45, 7) is 5.38. The van der Waals surface area contributed by atoms with Crippen LogP contribution in [0, 0.1) is 5.92 Å². The fourth-order valence-electron chi connectivity index (χ4n) is 3.79. The maximum Gasteiger partial charge on any atom is 0.317 e. The van der Waals surface area contributed by atoms with Gasteiger partial charge in [-0.1, -0.05) is 19.8 Å². The number of likely N-dealkylation sites (tertiary alicyclic amines) is 1. The van der Waals surface area contributed by atoms with E-state index in [1.807, 2.05) is 17.2 Å². The van der Waals surface area contributed by atoms with E-state index in [0.717, 1.165) is 42.8 Å². The predicted octanol–water partition coefficient (Wildman–Crippen LogP) is 3.10. The Morgan fingerprint density at radius 1 is 1.57 bits per heavy atom. The molecule has 1 aromatic rings. The van der Waals surface area contributed by atoms with Crippen molar-refractivity contribution in [1.82, 2.24) is 15.2 Å². The fraction of sp³-hybridized carbons (Fsp3) is 0.765. The molecule has 23 heavy (non-hydrogen) atoms. The number of thiazole rings is 1. The van der Waals surface area contributed by atoms with Crippen LogP contribution >= 0.6 is 11.3 Å². The number of carbonyl (C=O) groups excluding carboxylic acids is 1. The number of amides is 2. The quantitative estimate of drug-likeness (QED) is 0.891. The van der Waals surface area contributed by atoms with Crippen molar-refractivity contribution in [1.29, 1.82) is 0 Å². The van der Waals surface area contributed by atoms with Crippen LogP contribution in [0.5, 0.6) is 0 Å². The van der Waals surface area contributed by atoms with Crippen molar-refractivity contribution in [2.24, 2.45) is 5.92 Å². The highest BCUT2D eigenvalue weighted by Crippen LogP contribution is 2.39. The molecule has 5 nitrogen and oxygen atoms in total. The van der Waals surface area contributed by atoms with Gasteiger partial charge in [-0.05, 0) is 32.6 Å². The number of hydrogen-bond donors (Lipinski definition) is 2. The van der Waals surface area contributed by atoms with Gasteiger partial charge in [0.25, 0.3) is 0 Å². The minimum Gasteiger partial charge on any atom is -0.389 e. The van der Waals surface area contributed by atoms with E-state index >= 15 is 0 Å². The summed E-state index contributed by atoms with van der Waals surface area (Å²) in [5.74, 6) is 0.233. The van der Waals surface area contributed by atoms with Gasteiger partial charge < -0.3 is 15.3 Å². The molecule has 0 aromatic carbocycles. The number of hydrogen-bond acceptors (Lipinski definition) is 4. The molecule has 1 aromatic heterocycles. The number of rotatable bonds is 3. The fourth-order valence-corrected chi connectivity index (χ4v) is 4.63. The highest BCUT2D eigenvalue weighted by Gasteiger charge is 2.43. The summed E-state index contributed by atoms with van der Waals surface area (Å²) in [7, 11) is 0. The molecular weight excluding hydrogens is 310 g/mol. The summed E-state index contributed by atoms with van der Waals surface area (Å²) >= 11 is 1.65. The number of aliphatic hydroxyl groups is 1. The van der Waals surface area contributed by atoms with E-state index in [4.69, 9.17) is 0 Å². The summed E-state index contributed by atoms with van der Waals surface area (Å²) in [4.78, 5) is 19.0. The van der Waals surface area contributed by atoms with Gasteiger partial charge in [-0.3, -0.25) is 0 Å². The summed E-state index contributed by atoms with van der Waals surface area (Å²) in [5, 5.41) is 16.9. The van der Waals surface area contributed by atoms with Crippen molar-refractivity contribution in [2.45, 2.75) is 64.0 Å². The number of nitrogens with zero attached hydrogens (tertiary/aromatic N) is 2. The van der Waals surface area contributed by atoms with Crippen LogP contribution in [0.1, 0.15) is 62.7 Å². The van der Waals surface area contributed by atoms with Gasteiger partial charge in [-0.15, -0.1) is 11.3 Å². The Hall–Kier alpha value is -1.14. The summed E-state index contributed by atoms with van der Waals surface area (Å²) < 4.78 is 0. The first-order chi connectivity index (χ1) is 11.0. The van der Waals surface area contributed by atoms with Gasteiger partial charge in [0.05, 0.1) is 22.3 Å². The first-order valence-corrected chi connectivity index (χ1v) is 9.62. The van der Waals surface area contributed by atoms with Crippen molar-refractivity contribution in [2.75, 3.05) is 13.1 Å². The molecule has 2 aliphatic rings. The van der Waals surface area contributed by atoms with Crippen LogP contribution in [0.2, 0.25) is 0 Å². The van der Waals surface area contributed by atoms with Crippen LogP contribution < -0.4 is 5.32 Å². The van der Waals surface area contributed by atoms with Crippen LogP contribution in [0.25, 0.3) is 0 Å². The topological polar surface area (TPSA) is 65.5 Å². The molecular formula is C17H27N3O2S. The second-order valence-electron chi connectivity index (χ2n) is 6.93. The Bertz CT molecular complexity index is 562. The molecule has 2 amide bonds. The molecule has 6 heteroatoms. The highest BCUT2D eigenvalue weighted by molar-refractivity contribution is 7.09. The molecule has 3 atom stereocenters. The average Bonchev–Trinajstić information content (AvgIpc) is 3.03. The van der Waals surface area contributed by atoms with Crippen LogP contribution in [0.15, 0.2) is 5.38 Å². The highest BCUT2D eigenvalue weighted by atomic mass is 32.1. The van der Waals surface area contributed by atoms with Gasteiger partial charge in [-0.2, -0.15) is 0 Å². The molecule has 1 saturated carbocycles. The predicted molar refractivity (Wildman–Crippen MR) is 91.5 cm³/mol. The van der Waals surface area contributed by atoms with Crippen LogP contribution in [-0.2, 0) is 6.42 Å². The van der Waals surface area contributed by atoms with E-state index in [0.29, 0.717) is 19.5 Å². The van der Waals surface area contributed by atoms with Gasteiger partial charge in [0.1, 0.15) is 0 Å². The van der Waals surface area contributed by atoms with Crippen LogP contribution in [0.3, 0.4) is 0 Å². The number of aryl methyl sites for hydroxylation is 1. The number of urea groups is 1. The van der Waals surface area contributed by atoms with E-state index in [1.54, 1.807) is 11.3 Å². The SMILES string of the molecule is CCc1nc([C@H](C)NC(=O)N2CC[C@@]3(O)CCCC[C@@H]3C2)cs1. The van der Waals surface area contributed by atoms with Gasteiger partial charge in [-0.25, -0.2) is 9.78 Å². The van der Waals surface area contributed by atoms with E-state index in [1.165, 1.54) is 0 Å². The minimum absolute atomic E-state index is 0.0313. The lowest BCUT2D eigenvalue weighted by Gasteiger charge is -2.47. The van der Waals surface area contributed by atoms with Gasteiger partial charge >= 0.3 is 6.03 Å². The smallest absolute Gasteiger partial charge is 0.317 e. The molecule has 0 radical (unpaired) electrons. The van der Waals surface area contributed by atoms with Crippen LogP contribution in [0.4, 0.5) is 4.79 Å². The number of nitrogens with one attached hydrogen (secondary N) is 1. The maximum absolute atomic E-state index is 12.5. The first-order valence-electron chi connectivity index (χ1n) is 8.74. The lowest BCUT2D eigenvalue weighted by molar-refractivity contribution is -0.0871. The molecule has 2 N–H and O–H groups in total. The molecule has 0 spiro atoms. The molecule has 128 valence electrons. The monoisotopic (exact) mass is 337 g/mol. The molecule has 1 saturated heterocycles. The molecule has 3 rings (SSSR count). The lowest BCUT2D eigenvalue weighted by atomic mass is 9.71. The zero-order valence-corrected chi connectivity index (χ0v) is 14.9. The largest absolute Gasteiger partial charge is 0.389 e. The second-order valence-corrected chi connectivity index (χ2v) is 7.88. The van der Waals surface area contributed by atoms with Gasteiger partial charge in [0.15, 0.2) is 0 Å². The van der Waals surface area contributed by atoms with Crippen molar-refractivity contribution in [3.8, 4) is 0 Å². The Morgan fingerprint density at radius 2 is 2.39 bits per heavy atom. The minimum atomic E-state index is -0.536. The van der Waals surface area contributed by atoms with Crippen LogP contribution in [-0.4, -0.2) is 39.7 Å². The molecule has 1 aliphatic heterocycles. The zero-order chi connectivity index (χ0) is 16.4. The molecule has 2 fully saturated rings. The number of aromatic nitrogens is 1.